The lowest BCUT2D eigenvalue weighted by Gasteiger charge is -2.28. The second-order valence-corrected chi connectivity index (χ2v) is 4.70. The second kappa shape index (κ2) is 5.63. The van der Waals surface area contributed by atoms with Crippen LogP contribution in [0.25, 0.3) is 0 Å². The molecule has 0 radical (unpaired) electrons. The van der Waals surface area contributed by atoms with Crippen LogP contribution >= 0.6 is 0 Å². The normalized spacial score (nSPS) is 21.8. The van der Waals surface area contributed by atoms with E-state index in [2.05, 4.69) is 24.8 Å². The lowest BCUT2D eigenvalue weighted by molar-refractivity contribution is -0.121. The molecule has 0 N–H and O–H groups in total. The minimum atomic E-state index is -0.383. The van der Waals surface area contributed by atoms with E-state index < -0.39 is 0 Å². The fraction of sp³-hybridized carbons (Fsp3) is 0.235. The highest BCUT2D eigenvalue weighted by atomic mass is 16.1. The van der Waals surface area contributed by atoms with E-state index in [0.29, 0.717) is 0 Å². The lowest BCUT2D eigenvalue weighted by Crippen LogP contribution is -2.28. The highest BCUT2D eigenvalue weighted by Crippen LogP contribution is 2.34. The van der Waals surface area contributed by atoms with Crippen molar-refractivity contribution in [2.45, 2.75) is 19.3 Å². The highest BCUT2D eigenvalue weighted by molar-refractivity contribution is 5.96. The number of carbonyl (C=O) groups is 1. The van der Waals surface area contributed by atoms with Crippen LogP contribution in [-0.4, -0.2) is 5.78 Å². The zero-order valence-electron chi connectivity index (χ0n) is 10.5. The Morgan fingerprint density at radius 1 is 1.28 bits per heavy atom. The summed E-state index contributed by atoms with van der Waals surface area (Å²) in [5, 5.41) is 0. The smallest absolute Gasteiger partial charge is 0.165 e. The van der Waals surface area contributed by atoms with Gasteiger partial charge in [0.2, 0.25) is 0 Å². The third-order valence-electron chi connectivity index (χ3n) is 3.52. The van der Waals surface area contributed by atoms with E-state index in [1.807, 2.05) is 36.4 Å². The molecule has 0 heterocycles. The van der Waals surface area contributed by atoms with E-state index in [-0.39, 0.29) is 11.2 Å². The fourth-order valence-corrected chi connectivity index (χ4v) is 2.37. The maximum atomic E-state index is 12.1. The van der Waals surface area contributed by atoms with Crippen molar-refractivity contribution in [3.05, 3.63) is 72.9 Å². The maximum absolute atomic E-state index is 12.1. The molecule has 1 aromatic carbocycles. The van der Waals surface area contributed by atoms with Crippen molar-refractivity contribution in [3.63, 3.8) is 0 Å². The van der Waals surface area contributed by atoms with E-state index in [0.717, 1.165) is 19.3 Å². The average Bonchev–Trinajstić information content (AvgIpc) is 2.46. The number of allylic oxidation sites excluding steroid dienone is 5. The largest absolute Gasteiger partial charge is 0.294 e. The van der Waals surface area contributed by atoms with Gasteiger partial charge >= 0.3 is 0 Å². The van der Waals surface area contributed by atoms with Crippen LogP contribution in [0.5, 0.6) is 0 Å². The van der Waals surface area contributed by atoms with Crippen molar-refractivity contribution < 1.29 is 4.79 Å². The predicted molar refractivity (Wildman–Crippen MR) is 75.3 cm³/mol. The molecule has 1 atom stereocenters. The molecule has 0 bridgehead atoms. The molecule has 0 aliphatic heterocycles. The van der Waals surface area contributed by atoms with Gasteiger partial charge in [0.05, 0.1) is 5.41 Å². The molecular formula is C17H18O. The SMILES string of the molecule is C=CC(=O)C1(CCc2ccccc2)C=CC=CC1. The third kappa shape index (κ3) is 2.67. The number of carbonyl (C=O) groups excluding carboxylic acids is 1. The van der Waals surface area contributed by atoms with Crippen molar-refractivity contribution in [1.82, 2.24) is 0 Å². The molecule has 1 aliphatic carbocycles. The summed E-state index contributed by atoms with van der Waals surface area (Å²) in [5.41, 5.74) is 0.892. The Kier molecular flexibility index (Phi) is 3.93. The van der Waals surface area contributed by atoms with Gasteiger partial charge in [-0.15, -0.1) is 0 Å². The first kappa shape index (κ1) is 12.6. The van der Waals surface area contributed by atoms with Crippen molar-refractivity contribution >= 4 is 5.78 Å². The van der Waals surface area contributed by atoms with Gasteiger partial charge in [-0.05, 0) is 30.9 Å². The number of rotatable bonds is 5. The van der Waals surface area contributed by atoms with E-state index in [4.69, 9.17) is 0 Å². The molecule has 1 unspecified atom stereocenters. The summed E-state index contributed by atoms with van der Waals surface area (Å²) in [6.45, 7) is 3.63. The number of hydrogen-bond acceptors (Lipinski definition) is 1. The van der Waals surface area contributed by atoms with Gasteiger partial charge < -0.3 is 0 Å². The third-order valence-corrected chi connectivity index (χ3v) is 3.52. The molecule has 0 spiro atoms. The summed E-state index contributed by atoms with van der Waals surface area (Å²) in [6.07, 6.45) is 12.0. The van der Waals surface area contributed by atoms with Crippen LogP contribution in [-0.2, 0) is 11.2 Å². The number of hydrogen-bond donors (Lipinski definition) is 0. The summed E-state index contributed by atoms with van der Waals surface area (Å²) in [6, 6.07) is 10.3. The van der Waals surface area contributed by atoms with Gasteiger partial charge in [-0.3, -0.25) is 4.79 Å². The van der Waals surface area contributed by atoms with Crippen molar-refractivity contribution in [2.24, 2.45) is 5.41 Å². The first-order valence-electron chi connectivity index (χ1n) is 6.32. The van der Waals surface area contributed by atoms with E-state index in [1.54, 1.807) is 0 Å². The van der Waals surface area contributed by atoms with Crippen molar-refractivity contribution in [3.8, 4) is 0 Å². The minimum absolute atomic E-state index is 0.124. The number of benzene rings is 1. The molecule has 1 nitrogen and oxygen atoms in total. The molecule has 1 aliphatic rings. The summed E-state index contributed by atoms with van der Waals surface area (Å²) < 4.78 is 0. The van der Waals surface area contributed by atoms with Gasteiger partial charge in [-0.25, -0.2) is 0 Å². The molecule has 1 heteroatoms. The standard InChI is InChI=1S/C17H18O/c1-2-16(18)17(12-7-4-8-13-17)14-11-15-9-5-3-6-10-15/h2-10,12H,1,11,13-14H2. The molecule has 0 aromatic heterocycles. The molecule has 0 saturated carbocycles. The summed E-state index contributed by atoms with van der Waals surface area (Å²) >= 11 is 0. The summed E-state index contributed by atoms with van der Waals surface area (Å²) in [5.74, 6) is 0.124. The molecule has 0 saturated heterocycles. The summed E-state index contributed by atoms with van der Waals surface area (Å²) in [4.78, 5) is 12.1. The molecule has 92 valence electrons. The molecule has 1 aromatic rings. The van der Waals surface area contributed by atoms with Crippen LogP contribution < -0.4 is 0 Å². The molecule has 2 rings (SSSR count). The van der Waals surface area contributed by atoms with Crippen LogP contribution in [0.1, 0.15) is 18.4 Å². The van der Waals surface area contributed by atoms with Crippen LogP contribution in [0.4, 0.5) is 0 Å². The lowest BCUT2D eigenvalue weighted by atomic mass is 9.73. The van der Waals surface area contributed by atoms with Crippen LogP contribution in [0.3, 0.4) is 0 Å². The second-order valence-electron chi connectivity index (χ2n) is 4.70. The number of aryl methyl sites for hydroxylation is 1. The first-order chi connectivity index (χ1) is 8.77. The van der Waals surface area contributed by atoms with Crippen molar-refractivity contribution in [2.75, 3.05) is 0 Å². The maximum Gasteiger partial charge on any atom is 0.165 e. The molecule has 18 heavy (non-hydrogen) atoms. The van der Waals surface area contributed by atoms with Gasteiger partial charge in [0, 0.05) is 0 Å². The van der Waals surface area contributed by atoms with E-state index >= 15 is 0 Å². The Labute approximate surface area is 109 Å². The number of ketones is 1. The summed E-state index contributed by atoms with van der Waals surface area (Å²) in [7, 11) is 0. The van der Waals surface area contributed by atoms with Crippen LogP contribution in [0.2, 0.25) is 0 Å². The zero-order valence-corrected chi connectivity index (χ0v) is 10.5. The van der Waals surface area contributed by atoms with Crippen LogP contribution in [0.15, 0.2) is 67.3 Å². The zero-order chi connectivity index (χ0) is 12.8. The predicted octanol–water partition coefficient (Wildman–Crippen LogP) is 3.88. The molecule has 0 fully saturated rings. The average molecular weight is 238 g/mol. The highest BCUT2D eigenvalue weighted by Gasteiger charge is 2.32. The quantitative estimate of drug-likeness (QED) is 0.711. The Morgan fingerprint density at radius 3 is 2.67 bits per heavy atom. The fourth-order valence-electron chi connectivity index (χ4n) is 2.37. The van der Waals surface area contributed by atoms with Gasteiger partial charge in [0.25, 0.3) is 0 Å². The Bertz CT molecular complexity index is 482. The topological polar surface area (TPSA) is 17.1 Å². The monoisotopic (exact) mass is 238 g/mol. The van der Waals surface area contributed by atoms with Gasteiger partial charge in [-0.2, -0.15) is 0 Å². The molecule has 0 amide bonds. The Hall–Kier alpha value is -1.89. The van der Waals surface area contributed by atoms with E-state index in [9.17, 15) is 4.79 Å². The van der Waals surface area contributed by atoms with Gasteiger partial charge in [0.1, 0.15) is 0 Å². The van der Waals surface area contributed by atoms with Crippen molar-refractivity contribution in [1.29, 1.82) is 0 Å². The van der Waals surface area contributed by atoms with E-state index in [1.165, 1.54) is 11.6 Å². The minimum Gasteiger partial charge on any atom is -0.294 e. The Morgan fingerprint density at radius 2 is 2.06 bits per heavy atom. The van der Waals surface area contributed by atoms with Crippen LogP contribution in [0, 0.1) is 5.41 Å². The Balaban J connectivity index is 2.12. The first-order valence-corrected chi connectivity index (χ1v) is 6.32. The van der Waals surface area contributed by atoms with Gasteiger partial charge in [-0.1, -0.05) is 61.2 Å². The van der Waals surface area contributed by atoms with Gasteiger partial charge in [0.15, 0.2) is 5.78 Å². The molecular weight excluding hydrogens is 220 g/mol.